The summed E-state index contributed by atoms with van der Waals surface area (Å²) in [7, 11) is 1.31. The van der Waals surface area contributed by atoms with Crippen LogP contribution in [-0.2, 0) is 14.3 Å². The lowest BCUT2D eigenvalue weighted by Crippen LogP contribution is -2.52. The Balaban J connectivity index is 2.72. The fraction of sp³-hybridized carbons (Fsp3) is 0.400. The van der Waals surface area contributed by atoms with Crippen LogP contribution in [0, 0.1) is 0 Å². The maximum Gasteiger partial charge on any atom is 0.331 e. The molecule has 108 valence electrons. The summed E-state index contributed by atoms with van der Waals surface area (Å²) in [6.07, 6.45) is 7.62. The topological polar surface area (TPSA) is 68.3 Å². The van der Waals surface area contributed by atoms with Crippen molar-refractivity contribution in [3.8, 4) is 0 Å². The predicted molar refractivity (Wildman–Crippen MR) is 76.7 cm³/mol. The predicted octanol–water partition coefficient (Wildman–Crippen LogP) is 1.94. The fourth-order valence-electron chi connectivity index (χ4n) is 1.90. The van der Waals surface area contributed by atoms with Crippen LogP contribution >= 0.6 is 0 Å². The largest absolute Gasteiger partial charge is 0.467 e. The zero-order valence-electron chi connectivity index (χ0n) is 12.1. The van der Waals surface area contributed by atoms with Gasteiger partial charge in [0.1, 0.15) is 5.54 Å². The molecule has 1 atom stereocenters. The number of amides is 1. The lowest BCUT2D eigenvalue weighted by Gasteiger charge is -2.26. The van der Waals surface area contributed by atoms with Gasteiger partial charge in [-0.2, -0.15) is 0 Å². The highest BCUT2D eigenvalue weighted by atomic mass is 16.5. The molecule has 1 heterocycles. The Bertz CT molecular complexity index is 485. The average Bonchev–Trinajstić information content (AvgIpc) is 2.45. The van der Waals surface area contributed by atoms with Gasteiger partial charge in [-0.3, -0.25) is 9.78 Å². The van der Waals surface area contributed by atoms with Gasteiger partial charge in [-0.25, -0.2) is 4.79 Å². The quantitative estimate of drug-likeness (QED) is 0.637. The van der Waals surface area contributed by atoms with E-state index in [-0.39, 0.29) is 5.91 Å². The Morgan fingerprint density at radius 2 is 2.25 bits per heavy atom. The summed E-state index contributed by atoms with van der Waals surface area (Å²) in [6, 6.07) is 3.62. The highest BCUT2D eigenvalue weighted by Crippen LogP contribution is 2.14. The van der Waals surface area contributed by atoms with Gasteiger partial charge in [0.15, 0.2) is 0 Å². The number of methoxy groups -OCH3 is 1. The van der Waals surface area contributed by atoms with E-state index in [1.165, 1.54) is 13.2 Å². The first-order valence-electron chi connectivity index (χ1n) is 6.50. The van der Waals surface area contributed by atoms with Crippen LogP contribution in [0.1, 0.15) is 32.3 Å². The van der Waals surface area contributed by atoms with E-state index in [9.17, 15) is 9.59 Å². The van der Waals surface area contributed by atoms with Gasteiger partial charge in [-0.1, -0.05) is 19.4 Å². The van der Waals surface area contributed by atoms with Gasteiger partial charge < -0.3 is 10.1 Å². The normalized spacial score (nSPS) is 13.8. The van der Waals surface area contributed by atoms with Gasteiger partial charge in [0.05, 0.1) is 7.11 Å². The summed E-state index contributed by atoms with van der Waals surface area (Å²) >= 11 is 0. The van der Waals surface area contributed by atoms with Crippen LogP contribution in [0.5, 0.6) is 0 Å². The smallest absolute Gasteiger partial charge is 0.331 e. The minimum absolute atomic E-state index is 0.338. The number of nitrogens with one attached hydrogen (secondary N) is 1. The third-order valence-corrected chi connectivity index (χ3v) is 2.90. The zero-order valence-corrected chi connectivity index (χ0v) is 12.1. The van der Waals surface area contributed by atoms with Crippen molar-refractivity contribution in [1.82, 2.24) is 10.3 Å². The van der Waals surface area contributed by atoms with Crippen molar-refractivity contribution < 1.29 is 14.3 Å². The van der Waals surface area contributed by atoms with Crippen LogP contribution in [0.15, 0.2) is 30.6 Å². The molecule has 0 spiro atoms. The van der Waals surface area contributed by atoms with Crippen LogP contribution in [-0.4, -0.2) is 29.5 Å². The molecule has 5 heteroatoms. The third-order valence-electron chi connectivity index (χ3n) is 2.90. The molecular weight excluding hydrogens is 256 g/mol. The highest BCUT2D eigenvalue weighted by molar-refractivity contribution is 5.95. The van der Waals surface area contributed by atoms with Crippen molar-refractivity contribution in [3.63, 3.8) is 0 Å². The molecule has 1 N–H and O–H groups in total. The minimum atomic E-state index is -1.00. The summed E-state index contributed by atoms with van der Waals surface area (Å²) in [5.74, 6) is -0.780. The number of nitrogens with zero attached hydrogens (tertiary/aromatic N) is 1. The maximum atomic E-state index is 11.9. The molecule has 0 aliphatic heterocycles. The number of pyridine rings is 1. The number of carbonyl (C=O) groups excluding carboxylic acids is 2. The molecule has 1 aromatic rings. The Morgan fingerprint density at radius 3 is 2.80 bits per heavy atom. The van der Waals surface area contributed by atoms with E-state index in [0.717, 1.165) is 12.0 Å². The first-order chi connectivity index (χ1) is 9.51. The summed E-state index contributed by atoms with van der Waals surface area (Å²) in [4.78, 5) is 27.6. The SMILES string of the molecule is CCCC(C)(NC(=O)/C=C/c1cccnc1)C(=O)OC. The van der Waals surface area contributed by atoms with Gasteiger partial charge in [0.2, 0.25) is 5.91 Å². The molecule has 0 fully saturated rings. The van der Waals surface area contributed by atoms with Crippen molar-refractivity contribution in [2.24, 2.45) is 0 Å². The molecule has 1 rings (SSSR count). The summed E-state index contributed by atoms with van der Waals surface area (Å²) in [5, 5.41) is 2.69. The van der Waals surface area contributed by atoms with Crippen molar-refractivity contribution in [2.75, 3.05) is 7.11 Å². The Kier molecular flexibility index (Phi) is 5.90. The molecule has 0 aliphatic carbocycles. The molecule has 0 aromatic carbocycles. The second kappa shape index (κ2) is 7.43. The molecule has 20 heavy (non-hydrogen) atoms. The van der Waals surface area contributed by atoms with Gasteiger partial charge in [-0.05, 0) is 31.1 Å². The van der Waals surface area contributed by atoms with E-state index in [4.69, 9.17) is 4.74 Å². The van der Waals surface area contributed by atoms with Crippen LogP contribution < -0.4 is 5.32 Å². The van der Waals surface area contributed by atoms with Crippen LogP contribution in [0.2, 0.25) is 0 Å². The first kappa shape index (κ1) is 15.9. The molecule has 1 amide bonds. The van der Waals surface area contributed by atoms with E-state index >= 15 is 0 Å². The van der Waals surface area contributed by atoms with Gasteiger partial charge >= 0.3 is 5.97 Å². The van der Waals surface area contributed by atoms with E-state index < -0.39 is 11.5 Å². The Hall–Kier alpha value is -2.17. The van der Waals surface area contributed by atoms with Gasteiger partial charge in [0.25, 0.3) is 0 Å². The second-order valence-electron chi connectivity index (χ2n) is 4.68. The maximum absolute atomic E-state index is 11.9. The number of aromatic nitrogens is 1. The monoisotopic (exact) mass is 276 g/mol. The molecular formula is C15H20N2O3. The molecule has 5 nitrogen and oxygen atoms in total. The van der Waals surface area contributed by atoms with E-state index in [1.54, 1.807) is 31.5 Å². The Labute approximate surface area is 119 Å². The molecule has 0 saturated carbocycles. The number of esters is 1. The average molecular weight is 276 g/mol. The van der Waals surface area contributed by atoms with Gasteiger partial charge in [-0.15, -0.1) is 0 Å². The van der Waals surface area contributed by atoms with Crippen molar-refractivity contribution in [1.29, 1.82) is 0 Å². The molecule has 1 aromatic heterocycles. The second-order valence-corrected chi connectivity index (χ2v) is 4.68. The molecule has 0 bridgehead atoms. The standard InChI is InChI=1S/C15H20N2O3/c1-4-9-15(2,14(19)20-3)17-13(18)8-7-12-6-5-10-16-11-12/h5-8,10-11H,4,9H2,1-3H3,(H,17,18)/b8-7+. The summed E-state index contributed by atoms with van der Waals surface area (Å²) in [5.41, 5.74) is -0.183. The van der Waals surface area contributed by atoms with Crippen LogP contribution in [0.4, 0.5) is 0 Å². The van der Waals surface area contributed by atoms with Crippen LogP contribution in [0.3, 0.4) is 0 Å². The number of carbonyl (C=O) groups is 2. The molecule has 0 saturated heterocycles. The van der Waals surface area contributed by atoms with Crippen molar-refractivity contribution >= 4 is 18.0 Å². The highest BCUT2D eigenvalue weighted by Gasteiger charge is 2.34. The zero-order chi connectivity index (χ0) is 15.0. The van der Waals surface area contributed by atoms with E-state index in [2.05, 4.69) is 10.3 Å². The van der Waals surface area contributed by atoms with Crippen LogP contribution in [0.25, 0.3) is 6.08 Å². The van der Waals surface area contributed by atoms with Crippen molar-refractivity contribution in [3.05, 3.63) is 36.2 Å². The number of hydrogen-bond donors (Lipinski definition) is 1. The lowest BCUT2D eigenvalue weighted by atomic mass is 9.96. The molecule has 1 unspecified atom stereocenters. The number of hydrogen-bond acceptors (Lipinski definition) is 4. The fourth-order valence-corrected chi connectivity index (χ4v) is 1.90. The third kappa shape index (κ3) is 4.50. The molecule has 0 radical (unpaired) electrons. The minimum Gasteiger partial charge on any atom is -0.467 e. The lowest BCUT2D eigenvalue weighted by molar-refractivity contribution is -0.150. The Morgan fingerprint density at radius 1 is 1.50 bits per heavy atom. The number of ether oxygens (including phenoxy) is 1. The summed E-state index contributed by atoms with van der Waals surface area (Å²) < 4.78 is 4.74. The van der Waals surface area contributed by atoms with E-state index in [1.807, 2.05) is 13.0 Å². The number of rotatable bonds is 6. The van der Waals surface area contributed by atoms with Gasteiger partial charge in [0, 0.05) is 18.5 Å². The summed E-state index contributed by atoms with van der Waals surface area (Å²) in [6.45, 7) is 3.61. The van der Waals surface area contributed by atoms with Crippen molar-refractivity contribution in [2.45, 2.75) is 32.2 Å². The molecule has 0 aliphatic rings. The first-order valence-corrected chi connectivity index (χ1v) is 6.50. The van der Waals surface area contributed by atoms with E-state index in [0.29, 0.717) is 6.42 Å².